The van der Waals surface area contributed by atoms with Gasteiger partial charge in [0.2, 0.25) is 5.91 Å². The number of benzene rings is 2. The number of nitrogens with one attached hydrogen (secondary N) is 2. The molecule has 0 aliphatic carbocycles. The maximum atomic E-state index is 12.3. The van der Waals surface area contributed by atoms with Crippen LogP contribution >= 0.6 is 0 Å². The Hall–Kier alpha value is -2.66. The number of imide groups is 1. The number of amides is 3. The van der Waals surface area contributed by atoms with Crippen LogP contribution in [0.3, 0.4) is 0 Å². The molecule has 2 aromatic carbocycles. The third-order valence-corrected chi connectivity index (χ3v) is 4.78. The number of urea groups is 1. The van der Waals surface area contributed by atoms with E-state index in [9.17, 15) is 9.59 Å². The van der Waals surface area contributed by atoms with Crippen molar-refractivity contribution in [1.29, 1.82) is 0 Å². The third kappa shape index (κ3) is 4.49. The van der Waals surface area contributed by atoms with Crippen molar-refractivity contribution >= 4 is 17.6 Å². The van der Waals surface area contributed by atoms with E-state index in [4.69, 9.17) is 0 Å². The molecule has 0 saturated carbocycles. The molecule has 26 heavy (non-hydrogen) atoms. The van der Waals surface area contributed by atoms with Gasteiger partial charge in [0.15, 0.2) is 0 Å². The minimum Gasteiger partial charge on any atom is -0.307 e. The number of nitrogens with zero attached hydrogens (tertiary/aromatic N) is 1. The van der Waals surface area contributed by atoms with Crippen molar-refractivity contribution in [3.63, 3.8) is 0 Å². The Morgan fingerprint density at radius 3 is 2.62 bits per heavy atom. The van der Waals surface area contributed by atoms with Crippen LogP contribution in [0.5, 0.6) is 0 Å². The zero-order valence-corrected chi connectivity index (χ0v) is 15.3. The Balaban J connectivity index is 1.55. The van der Waals surface area contributed by atoms with Crippen molar-refractivity contribution in [2.24, 2.45) is 0 Å². The van der Waals surface area contributed by atoms with Gasteiger partial charge in [0, 0.05) is 11.7 Å². The molecule has 0 radical (unpaired) electrons. The van der Waals surface area contributed by atoms with Crippen LogP contribution in [0.1, 0.15) is 35.6 Å². The lowest BCUT2D eigenvalue weighted by Gasteiger charge is -2.24. The van der Waals surface area contributed by atoms with Gasteiger partial charge in [-0.25, -0.2) is 4.79 Å². The Morgan fingerprint density at radius 1 is 1.12 bits per heavy atom. The lowest BCUT2D eigenvalue weighted by atomic mass is 10.0. The summed E-state index contributed by atoms with van der Waals surface area (Å²) in [5.41, 5.74) is 4.03. The van der Waals surface area contributed by atoms with E-state index < -0.39 is 6.03 Å². The van der Waals surface area contributed by atoms with Crippen LogP contribution in [0.2, 0.25) is 0 Å². The summed E-state index contributed by atoms with van der Waals surface area (Å²) in [6.07, 6.45) is 2.09. The maximum absolute atomic E-state index is 12.3. The summed E-state index contributed by atoms with van der Waals surface area (Å²) in [6.45, 7) is 5.02. The predicted molar refractivity (Wildman–Crippen MR) is 103 cm³/mol. The van der Waals surface area contributed by atoms with Gasteiger partial charge >= 0.3 is 6.03 Å². The van der Waals surface area contributed by atoms with Crippen LogP contribution in [-0.4, -0.2) is 29.9 Å². The smallest absolute Gasteiger partial charge is 0.307 e. The summed E-state index contributed by atoms with van der Waals surface area (Å²) < 4.78 is 0. The van der Waals surface area contributed by atoms with Gasteiger partial charge in [-0.05, 0) is 50.4 Å². The van der Waals surface area contributed by atoms with Gasteiger partial charge in [-0.3, -0.25) is 15.0 Å². The maximum Gasteiger partial charge on any atom is 0.325 e. The second-order valence-corrected chi connectivity index (χ2v) is 6.86. The largest absolute Gasteiger partial charge is 0.325 e. The Bertz CT molecular complexity index is 789. The van der Waals surface area contributed by atoms with Gasteiger partial charge < -0.3 is 5.32 Å². The number of rotatable bonds is 4. The molecule has 3 amide bonds. The SMILES string of the molecule is Cc1ccc(NC(=O)NC(=O)CN2CCCC2c2ccccc2)c(C)c1. The van der Waals surface area contributed by atoms with E-state index >= 15 is 0 Å². The van der Waals surface area contributed by atoms with Crippen LogP contribution in [0.15, 0.2) is 48.5 Å². The van der Waals surface area contributed by atoms with Crippen LogP contribution < -0.4 is 10.6 Å². The lowest BCUT2D eigenvalue weighted by molar-refractivity contribution is -0.121. The summed E-state index contributed by atoms with van der Waals surface area (Å²) in [4.78, 5) is 26.6. The Morgan fingerprint density at radius 2 is 1.88 bits per heavy atom. The topological polar surface area (TPSA) is 61.4 Å². The molecule has 5 heteroatoms. The highest BCUT2D eigenvalue weighted by Gasteiger charge is 2.27. The molecule has 0 bridgehead atoms. The van der Waals surface area contributed by atoms with Crippen molar-refractivity contribution in [2.75, 3.05) is 18.4 Å². The second kappa shape index (κ2) is 8.15. The van der Waals surface area contributed by atoms with E-state index in [1.165, 1.54) is 5.56 Å². The van der Waals surface area contributed by atoms with Gasteiger partial charge in [-0.15, -0.1) is 0 Å². The average molecular weight is 351 g/mol. The van der Waals surface area contributed by atoms with E-state index in [2.05, 4.69) is 27.7 Å². The number of aryl methyl sites for hydroxylation is 2. The molecule has 0 aromatic heterocycles. The fourth-order valence-corrected chi connectivity index (χ4v) is 3.53. The molecule has 1 aliphatic rings. The highest BCUT2D eigenvalue weighted by molar-refractivity contribution is 6.02. The van der Waals surface area contributed by atoms with Crippen LogP contribution in [-0.2, 0) is 4.79 Å². The van der Waals surface area contributed by atoms with Gasteiger partial charge in [0.1, 0.15) is 0 Å². The first-order chi connectivity index (χ1) is 12.5. The van der Waals surface area contributed by atoms with Gasteiger partial charge in [-0.2, -0.15) is 0 Å². The predicted octanol–water partition coefficient (Wildman–Crippen LogP) is 3.79. The fraction of sp³-hybridized carbons (Fsp3) is 0.333. The Kier molecular flexibility index (Phi) is 5.68. The fourth-order valence-electron chi connectivity index (χ4n) is 3.53. The summed E-state index contributed by atoms with van der Waals surface area (Å²) in [6, 6.07) is 15.7. The van der Waals surface area contributed by atoms with Crippen molar-refractivity contribution in [3.8, 4) is 0 Å². The minimum atomic E-state index is -0.489. The molecule has 136 valence electrons. The zero-order chi connectivity index (χ0) is 18.5. The van der Waals surface area contributed by atoms with Crippen molar-refractivity contribution in [2.45, 2.75) is 32.7 Å². The number of anilines is 1. The van der Waals surface area contributed by atoms with E-state index in [0.29, 0.717) is 5.69 Å². The van der Waals surface area contributed by atoms with Gasteiger partial charge in [-0.1, -0.05) is 48.0 Å². The molecule has 1 saturated heterocycles. The highest BCUT2D eigenvalue weighted by atomic mass is 16.2. The minimum absolute atomic E-state index is 0.222. The van der Waals surface area contributed by atoms with Gasteiger partial charge in [0.25, 0.3) is 0 Å². The standard InChI is InChI=1S/C21H25N3O2/c1-15-10-11-18(16(2)13-15)22-21(26)23-20(25)14-24-12-6-9-19(24)17-7-4-3-5-8-17/h3-5,7-8,10-11,13,19H,6,9,12,14H2,1-2H3,(H2,22,23,25,26). The quantitative estimate of drug-likeness (QED) is 0.881. The van der Waals surface area contributed by atoms with Crippen molar-refractivity contribution in [3.05, 3.63) is 65.2 Å². The first kappa shape index (κ1) is 18.1. The third-order valence-electron chi connectivity index (χ3n) is 4.78. The molecule has 1 fully saturated rings. The monoisotopic (exact) mass is 351 g/mol. The van der Waals surface area contributed by atoms with E-state index in [1.807, 2.05) is 50.2 Å². The molecular weight excluding hydrogens is 326 g/mol. The molecule has 1 heterocycles. The number of carbonyl (C=O) groups is 2. The first-order valence-electron chi connectivity index (χ1n) is 9.00. The number of hydrogen-bond donors (Lipinski definition) is 2. The first-order valence-corrected chi connectivity index (χ1v) is 9.00. The lowest BCUT2D eigenvalue weighted by Crippen LogP contribution is -2.41. The number of likely N-dealkylation sites (tertiary alicyclic amines) is 1. The molecular formula is C21H25N3O2. The number of hydrogen-bond acceptors (Lipinski definition) is 3. The molecule has 2 aromatic rings. The van der Waals surface area contributed by atoms with Gasteiger partial charge in [0.05, 0.1) is 6.54 Å². The van der Waals surface area contributed by atoms with E-state index in [1.54, 1.807) is 0 Å². The van der Waals surface area contributed by atoms with E-state index in [0.717, 1.165) is 30.5 Å². The molecule has 1 unspecified atom stereocenters. The summed E-state index contributed by atoms with van der Waals surface area (Å²) in [5, 5.41) is 5.19. The summed E-state index contributed by atoms with van der Waals surface area (Å²) in [5.74, 6) is -0.282. The summed E-state index contributed by atoms with van der Waals surface area (Å²) in [7, 11) is 0. The second-order valence-electron chi connectivity index (χ2n) is 6.86. The molecule has 3 rings (SSSR count). The van der Waals surface area contributed by atoms with Crippen molar-refractivity contribution < 1.29 is 9.59 Å². The van der Waals surface area contributed by atoms with Crippen molar-refractivity contribution in [1.82, 2.24) is 10.2 Å². The summed E-state index contributed by atoms with van der Waals surface area (Å²) >= 11 is 0. The average Bonchev–Trinajstić information content (AvgIpc) is 3.06. The van der Waals surface area contributed by atoms with Crippen LogP contribution in [0.25, 0.3) is 0 Å². The molecule has 2 N–H and O–H groups in total. The molecule has 1 aliphatic heterocycles. The van der Waals surface area contributed by atoms with E-state index in [-0.39, 0.29) is 18.5 Å². The zero-order valence-electron chi connectivity index (χ0n) is 15.3. The molecule has 5 nitrogen and oxygen atoms in total. The normalized spacial score (nSPS) is 17.1. The highest BCUT2D eigenvalue weighted by Crippen LogP contribution is 2.31. The van der Waals surface area contributed by atoms with Crippen LogP contribution in [0, 0.1) is 13.8 Å². The Labute approximate surface area is 154 Å². The van der Waals surface area contributed by atoms with Crippen LogP contribution in [0.4, 0.5) is 10.5 Å². The molecule has 1 atom stereocenters. The molecule has 0 spiro atoms. The number of carbonyl (C=O) groups excluding carboxylic acids is 2.